The third-order valence-electron chi connectivity index (χ3n) is 4.64. The van der Waals surface area contributed by atoms with Gasteiger partial charge in [0.1, 0.15) is 0 Å². The van der Waals surface area contributed by atoms with Gasteiger partial charge in [0.15, 0.2) is 0 Å². The van der Waals surface area contributed by atoms with Gasteiger partial charge in [-0.15, -0.1) is 0 Å². The van der Waals surface area contributed by atoms with Crippen molar-refractivity contribution in [2.75, 3.05) is 26.2 Å². The Labute approximate surface area is 107 Å². The van der Waals surface area contributed by atoms with Crippen LogP contribution in [-0.4, -0.2) is 37.1 Å². The maximum atomic E-state index is 3.68. The molecule has 0 aromatic carbocycles. The molecular formula is C15H30N2. The van der Waals surface area contributed by atoms with E-state index in [1.165, 1.54) is 71.0 Å². The highest BCUT2D eigenvalue weighted by atomic mass is 15.1. The fourth-order valence-electron chi connectivity index (χ4n) is 3.62. The van der Waals surface area contributed by atoms with Crippen molar-refractivity contribution in [2.24, 2.45) is 5.92 Å². The van der Waals surface area contributed by atoms with E-state index < -0.39 is 0 Å². The zero-order chi connectivity index (χ0) is 11.9. The summed E-state index contributed by atoms with van der Waals surface area (Å²) in [5.41, 5.74) is 0. The molecule has 100 valence electrons. The molecule has 0 bridgehead atoms. The largest absolute Gasteiger partial charge is 0.314 e. The summed E-state index contributed by atoms with van der Waals surface area (Å²) in [7, 11) is 0. The van der Waals surface area contributed by atoms with Crippen molar-refractivity contribution in [3.8, 4) is 0 Å². The minimum Gasteiger partial charge on any atom is -0.314 e. The van der Waals surface area contributed by atoms with Crippen molar-refractivity contribution in [2.45, 2.75) is 64.3 Å². The summed E-state index contributed by atoms with van der Waals surface area (Å²) < 4.78 is 0. The molecule has 2 fully saturated rings. The number of hydrogen-bond donors (Lipinski definition) is 1. The van der Waals surface area contributed by atoms with Gasteiger partial charge in [-0.05, 0) is 64.2 Å². The predicted molar refractivity (Wildman–Crippen MR) is 74.3 cm³/mol. The molecule has 1 N–H and O–H groups in total. The molecule has 17 heavy (non-hydrogen) atoms. The van der Waals surface area contributed by atoms with E-state index in [2.05, 4.69) is 17.1 Å². The summed E-state index contributed by atoms with van der Waals surface area (Å²) in [5.74, 6) is 0.957. The molecule has 0 aromatic rings. The number of nitrogens with one attached hydrogen (secondary N) is 1. The topological polar surface area (TPSA) is 15.3 Å². The maximum absolute atomic E-state index is 3.68. The lowest BCUT2D eigenvalue weighted by Gasteiger charge is -2.25. The van der Waals surface area contributed by atoms with E-state index in [1.54, 1.807) is 0 Å². The molecule has 2 rings (SSSR count). The number of rotatable bonds is 5. The minimum atomic E-state index is 0.826. The quantitative estimate of drug-likeness (QED) is 0.792. The second-order valence-corrected chi connectivity index (χ2v) is 5.90. The third kappa shape index (κ3) is 4.26. The monoisotopic (exact) mass is 238 g/mol. The van der Waals surface area contributed by atoms with Crippen LogP contribution < -0.4 is 5.32 Å². The van der Waals surface area contributed by atoms with Crippen LogP contribution in [0.15, 0.2) is 0 Å². The first-order valence-electron chi connectivity index (χ1n) is 7.86. The molecule has 2 atom stereocenters. The summed E-state index contributed by atoms with van der Waals surface area (Å²) in [6.07, 6.45) is 11.5. The molecule has 1 aliphatic heterocycles. The van der Waals surface area contributed by atoms with Crippen LogP contribution in [0, 0.1) is 5.92 Å². The van der Waals surface area contributed by atoms with Gasteiger partial charge in [0.05, 0.1) is 0 Å². The first kappa shape index (κ1) is 13.4. The molecule has 1 heterocycles. The van der Waals surface area contributed by atoms with Crippen LogP contribution in [0.2, 0.25) is 0 Å². The normalized spacial score (nSPS) is 31.6. The highest BCUT2D eigenvalue weighted by Gasteiger charge is 2.26. The van der Waals surface area contributed by atoms with Crippen LogP contribution in [0.4, 0.5) is 0 Å². The second-order valence-electron chi connectivity index (χ2n) is 5.90. The van der Waals surface area contributed by atoms with Crippen molar-refractivity contribution in [3.05, 3.63) is 0 Å². The van der Waals surface area contributed by atoms with Gasteiger partial charge in [-0.25, -0.2) is 0 Å². The molecule has 2 heteroatoms. The van der Waals surface area contributed by atoms with Gasteiger partial charge in [-0.1, -0.05) is 26.2 Å². The van der Waals surface area contributed by atoms with E-state index in [-0.39, 0.29) is 0 Å². The van der Waals surface area contributed by atoms with Gasteiger partial charge in [0.25, 0.3) is 0 Å². The summed E-state index contributed by atoms with van der Waals surface area (Å²) in [6, 6.07) is 0.826. The van der Waals surface area contributed by atoms with Gasteiger partial charge < -0.3 is 10.2 Å². The van der Waals surface area contributed by atoms with E-state index in [4.69, 9.17) is 0 Å². The van der Waals surface area contributed by atoms with Crippen molar-refractivity contribution >= 4 is 0 Å². The van der Waals surface area contributed by atoms with Crippen molar-refractivity contribution in [3.63, 3.8) is 0 Å². The fraction of sp³-hybridized carbons (Fsp3) is 1.00. The molecule has 0 aromatic heterocycles. The smallest absolute Gasteiger partial charge is 0.00956 e. The second kappa shape index (κ2) is 7.38. The Bertz CT molecular complexity index is 197. The average Bonchev–Trinajstić information content (AvgIpc) is 2.63. The average molecular weight is 238 g/mol. The highest BCUT2D eigenvalue weighted by Crippen LogP contribution is 2.28. The molecule has 2 aliphatic rings. The summed E-state index contributed by atoms with van der Waals surface area (Å²) >= 11 is 0. The van der Waals surface area contributed by atoms with Crippen LogP contribution >= 0.6 is 0 Å². The Morgan fingerprint density at radius 3 is 2.47 bits per heavy atom. The lowest BCUT2D eigenvalue weighted by molar-refractivity contribution is 0.249. The van der Waals surface area contributed by atoms with E-state index >= 15 is 0 Å². The molecular weight excluding hydrogens is 208 g/mol. The molecule has 1 aliphatic carbocycles. The van der Waals surface area contributed by atoms with E-state index in [0.29, 0.717) is 0 Å². The summed E-state index contributed by atoms with van der Waals surface area (Å²) in [6.45, 7) is 7.46. The van der Waals surface area contributed by atoms with Gasteiger partial charge in [-0.2, -0.15) is 0 Å². The number of hydrogen-bond acceptors (Lipinski definition) is 2. The Morgan fingerprint density at radius 1 is 1.00 bits per heavy atom. The Kier molecular flexibility index (Phi) is 5.79. The van der Waals surface area contributed by atoms with Crippen LogP contribution in [-0.2, 0) is 0 Å². The lowest BCUT2D eigenvalue weighted by atomic mass is 9.99. The SMILES string of the molecule is CCNC1CCCC1CCN1CCCCCC1. The standard InChI is InChI=1S/C15H30N2/c1-2-16-15-9-7-8-14(15)10-13-17-11-5-3-4-6-12-17/h14-16H,2-13H2,1H3. The minimum absolute atomic E-state index is 0.826. The molecule has 0 spiro atoms. The molecule has 1 saturated heterocycles. The van der Waals surface area contributed by atoms with Crippen molar-refractivity contribution in [1.29, 1.82) is 0 Å². The number of nitrogens with zero attached hydrogens (tertiary/aromatic N) is 1. The Hall–Kier alpha value is -0.0800. The fourth-order valence-corrected chi connectivity index (χ4v) is 3.62. The summed E-state index contributed by atoms with van der Waals surface area (Å²) in [5, 5.41) is 3.68. The Balaban J connectivity index is 1.69. The highest BCUT2D eigenvalue weighted by molar-refractivity contribution is 4.83. The van der Waals surface area contributed by atoms with Crippen LogP contribution in [0.3, 0.4) is 0 Å². The zero-order valence-corrected chi connectivity index (χ0v) is 11.6. The first-order valence-corrected chi connectivity index (χ1v) is 7.86. The summed E-state index contributed by atoms with van der Waals surface area (Å²) in [4.78, 5) is 2.72. The van der Waals surface area contributed by atoms with Crippen LogP contribution in [0.5, 0.6) is 0 Å². The molecule has 0 amide bonds. The first-order chi connectivity index (χ1) is 8.40. The third-order valence-corrected chi connectivity index (χ3v) is 4.64. The van der Waals surface area contributed by atoms with Gasteiger partial charge in [0, 0.05) is 6.04 Å². The zero-order valence-electron chi connectivity index (χ0n) is 11.6. The van der Waals surface area contributed by atoms with Crippen molar-refractivity contribution in [1.82, 2.24) is 10.2 Å². The molecule has 1 saturated carbocycles. The maximum Gasteiger partial charge on any atom is 0.00956 e. The number of likely N-dealkylation sites (tertiary alicyclic amines) is 1. The van der Waals surface area contributed by atoms with Gasteiger partial charge in [-0.3, -0.25) is 0 Å². The molecule has 2 nitrogen and oxygen atoms in total. The Morgan fingerprint density at radius 2 is 1.76 bits per heavy atom. The predicted octanol–water partition coefficient (Wildman–Crippen LogP) is 3.03. The van der Waals surface area contributed by atoms with Crippen LogP contribution in [0.1, 0.15) is 58.3 Å². The molecule has 0 radical (unpaired) electrons. The van der Waals surface area contributed by atoms with E-state index in [0.717, 1.165) is 18.5 Å². The van der Waals surface area contributed by atoms with E-state index in [9.17, 15) is 0 Å². The van der Waals surface area contributed by atoms with Crippen molar-refractivity contribution < 1.29 is 0 Å². The molecule has 2 unspecified atom stereocenters. The van der Waals surface area contributed by atoms with Crippen LogP contribution in [0.25, 0.3) is 0 Å². The van der Waals surface area contributed by atoms with E-state index in [1.807, 2.05) is 0 Å². The van der Waals surface area contributed by atoms with Gasteiger partial charge in [0.2, 0.25) is 0 Å². The van der Waals surface area contributed by atoms with Gasteiger partial charge >= 0.3 is 0 Å². The lowest BCUT2D eigenvalue weighted by Crippen LogP contribution is -2.35.